The van der Waals surface area contributed by atoms with E-state index in [2.05, 4.69) is 6.58 Å². The van der Waals surface area contributed by atoms with Gasteiger partial charge in [-0.2, -0.15) is 5.10 Å². The van der Waals surface area contributed by atoms with Crippen molar-refractivity contribution in [2.45, 2.75) is 12.5 Å². The summed E-state index contributed by atoms with van der Waals surface area (Å²) >= 11 is 6.66. The Morgan fingerprint density at radius 1 is 1.17 bits per heavy atom. The molecule has 1 unspecified atom stereocenters. The molecule has 1 amide bonds. The molecule has 0 saturated carbocycles. The molecule has 3 aromatic rings. The van der Waals surface area contributed by atoms with Crippen LogP contribution in [0.2, 0.25) is 0 Å². The summed E-state index contributed by atoms with van der Waals surface area (Å²) in [5.41, 5.74) is 3.19. The zero-order valence-electron chi connectivity index (χ0n) is 19.2. The first-order chi connectivity index (χ1) is 17.3. The Balaban J connectivity index is 1.51. The predicted octanol–water partition coefficient (Wildman–Crippen LogP) is 4.49. The van der Waals surface area contributed by atoms with Crippen LogP contribution in [0.4, 0.5) is 0 Å². The molecule has 1 aromatic heterocycles. The minimum atomic E-state index is -3.15. The van der Waals surface area contributed by atoms with Gasteiger partial charge in [-0.3, -0.25) is 9.69 Å². The molecule has 0 radical (unpaired) electrons. The highest BCUT2D eigenvalue weighted by Gasteiger charge is 2.42. The van der Waals surface area contributed by atoms with Crippen molar-refractivity contribution in [1.82, 2.24) is 14.7 Å². The maximum Gasteiger partial charge on any atom is 0.266 e. The summed E-state index contributed by atoms with van der Waals surface area (Å²) in [5, 5.41) is 4.81. The summed E-state index contributed by atoms with van der Waals surface area (Å²) in [5.74, 6) is 0.479. The number of amides is 1. The van der Waals surface area contributed by atoms with E-state index in [0.29, 0.717) is 27.9 Å². The average Bonchev–Trinajstić information content (AvgIpc) is 3.53. The third kappa shape index (κ3) is 5.02. The zero-order valence-corrected chi connectivity index (χ0v) is 21.7. The molecular formula is C26H23N3O4S3. The van der Waals surface area contributed by atoms with Crippen molar-refractivity contribution in [1.29, 1.82) is 0 Å². The summed E-state index contributed by atoms with van der Waals surface area (Å²) in [4.78, 5) is 15.2. The topological polar surface area (TPSA) is 81.5 Å². The van der Waals surface area contributed by atoms with Crippen molar-refractivity contribution in [2.75, 3.05) is 18.1 Å². The average molecular weight is 538 g/mol. The molecule has 184 valence electrons. The lowest BCUT2D eigenvalue weighted by atomic mass is 10.1. The monoisotopic (exact) mass is 537 g/mol. The first-order valence-corrected chi connectivity index (χ1v) is 14.4. The smallest absolute Gasteiger partial charge is 0.266 e. The fourth-order valence-electron chi connectivity index (χ4n) is 4.21. The van der Waals surface area contributed by atoms with Crippen LogP contribution >= 0.6 is 24.0 Å². The van der Waals surface area contributed by atoms with E-state index in [1.54, 1.807) is 16.8 Å². The standard InChI is InChI=1S/C26H23N3O4S3/c1-2-13-33-22-10-8-18(9-11-22)24-19(16-28(27-24)20-6-4-3-5-7-20)15-23-25(30)29(26(34)35-23)21-12-14-36(31,32)17-21/h2-11,15-16,21H,1,12-14,17H2/b23-15+. The molecule has 5 rings (SSSR count). The Bertz CT molecular complexity index is 1460. The second-order valence-corrected chi connectivity index (χ2v) is 12.4. The molecule has 0 aliphatic carbocycles. The first kappa shape index (κ1) is 24.5. The number of nitrogens with zero attached hydrogens (tertiary/aromatic N) is 3. The van der Waals surface area contributed by atoms with Crippen LogP contribution in [0.15, 0.2) is 78.4 Å². The Labute approximate surface area is 219 Å². The number of thiocarbonyl (C=S) groups is 1. The maximum atomic E-state index is 13.3. The van der Waals surface area contributed by atoms with Crippen molar-refractivity contribution in [3.05, 3.63) is 83.9 Å². The molecule has 0 N–H and O–H groups in total. The molecule has 2 saturated heterocycles. The fraction of sp³-hybridized carbons (Fsp3) is 0.192. The quantitative estimate of drug-likeness (QED) is 0.250. The van der Waals surface area contributed by atoms with Gasteiger partial charge < -0.3 is 4.74 Å². The molecule has 7 nitrogen and oxygen atoms in total. The molecule has 36 heavy (non-hydrogen) atoms. The molecule has 10 heteroatoms. The summed E-state index contributed by atoms with van der Waals surface area (Å²) in [6, 6.07) is 16.9. The normalized spacial score (nSPS) is 20.3. The van der Waals surface area contributed by atoms with E-state index in [-0.39, 0.29) is 17.4 Å². The van der Waals surface area contributed by atoms with E-state index in [0.717, 1.165) is 22.6 Å². The molecule has 0 spiro atoms. The van der Waals surface area contributed by atoms with E-state index in [1.807, 2.05) is 60.8 Å². The van der Waals surface area contributed by atoms with Crippen molar-refractivity contribution < 1.29 is 17.9 Å². The van der Waals surface area contributed by atoms with Gasteiger partial charge in [0.1, 0.15) is 16.7 Å². The second-order valence-electron chi connectivity index (χ2n) is 8.45. The summed E-state index contributed by atoms with van der Waals surface area (Å²) < 4.78 is 31.7. The van der Waals surface area contributed by atoms with Crippen LogP contribution in [0.25, 0.3) is 23.0 Å². The van der Waals surface area contributed by atoms with E-state index < -0.39 is 15.9 Å². The second kappa shape index (κ2) is 10.0. The van der Waals surface area contributed by atoms with Crippen LogP contribution in [-0.4, -0.2) is 57.5 Å². The largest absolute Gasteiger partial charge is 0.490 e. The Kier molecular flexibility index (Phi) is 6.83. The molecule has 3 heterocycles. The van der Waals surface area contributed by atoms with E-state index in [9.17, 15) is 13.2 Å². The number of rotatable bonds is 7. The third-order valence-corrected chi connectivity index (χ3v) is 9.02. The highest BCUT2D eigenvalue weighted by Crippen LogP contribution is 2.38. The number of aromatic nitrogens is 2. The van der Waals surface area contributed by atoms with Crippen LogP contribution in [0.5, 0.6) is 5.75 Å². The maximum absolute atomic E-state index is 13.3. The van der Waals surface area contributed by atoms with E-state index >= 15 is 0 Å². The molecule has 2 fully saturated rings. The third-order valence-electron chi connectivity index (χ3n) is 5.94. The zero-order chi connectivity index (χ0) is 25.3. The number of ether oxygens (including phenoxy) is 1. The van der Waals surface area contributed by atoms with Gasteiger partial charge in [0, 0.05) is 17.3 Å². The lowest BCUT2D eigenvalue weighted by Crippen LogP contribution is -2.39. The molecule has 2 aliphatic heterocycles. The van der Waals surface area contributed by atoms with Gasteiger partial charge in [0.2, 0.25) is 0 Å². The van der Waals surface area contributed by atoms with Crippen molar-refractivity contribution >= 4 is 50.1 Å². The van der Waals surface area contributed by atoms with Gasteiger partial charge in [-0.1, -0.05) is 54.8 Å². The van der Waals surface area contributed by atoms with Gasteiger partial charge in [-0.05, 0) is 48.9 Å². The van der Waals surface area contributed by atoms with Crippen LogP contribution in [0.1, 0.15) is 12.0 Å². The number of hydrogen-bond donors (Lipinski definition) is 0. The number of benzene rings is 2. The highest BCUT2D eigenvalue weighted by molar-refractivity contribution is 8.26. The molecule has 2 aliphatic rings. The fourth-order valence-corrected chi connectivity index (χ4v) is 7.30. The number of carbonyl (C=O) groups excluding carboxylic acids is 1. The predicted molar refractivity (Wildman–Crippen MR) is 147 cm³/mol. The summed E-state index contributed by atoms with van der Waals surface area (Å²) in [6.07, 6.45) is 5.75. The first-order valence-electron chi connectivity index (χ1n) is 11.3. The van der Waals surface area contributed by atoms with Crippen molar-refractivity contribution in [3.8, 4) is 22.7 Å². The summed E-state index contributed by atoms with van der Waals surface area (Å²) in [7, 11) is -3.15. The van der Waals surface area contributed by atoms with Gasteiger partial charge in [0.15, 0.2) is 9.84 Å². The van der Waals surface area contributed by atoms with Crippen LogP contribution < -0.4 is 4.74 Å². The molecular weight excluding hydrogens is 515 g/mol. The number of sulfone groups is 1. The van der Waals surface area contributed by atoms with Crippen molar-refractivity contribution in [3.63, 3.8) is 0 Å². The highest BCUT2D eigenvalue weighted by atomic mass is 32.2. The number of hydrogen-bond acceptors (Lipinski definition) is 7. The van der Waals surface area contributed by atoms with E-state index in [4.69, 9.17) is 22.1 Å². The Hall–Kier alpha value is -3.21. The minimum absolute atomic E-state index is 0.0514. The number of para-hydroxylation sites is 1. The van der Waals surface area contributed by atoms with Crippen LogP contribution in [0.3, 0.4) is 0 Å². The molecule has 0 bridgehead atoms. The SMILES string of the molecule is C=CCOc1ccc(-c2nn(-c3ccccc3)cc2/C=C2/SC(=S)N(C3CCS(=O)(=O)C3)C2=O)cc1. The van der Waals surface area contributed by atoms with Gasteiger partial charge in [0.25, 0.3) is 5.91 Å². The number of thioether (sulfide) groups is 1. The lowest BCUT2D eigenvalue weighted by Gasteiger charge is -2.20. The minimum Gasteiger partial charge on any atom is -0.490 e. The van der Waals surface area contributed by atoms with Gasteiger partial charge in [-0.25, -0.2) is 13.1 Å². The Morgan fingerprint density at radius 2 is 1.92 bits per heavy atom. The van der Waals surface area contributed by atoms with E-state index in [1.165, 1.54) is 16.7 Å². The summed E-state index contributed by atoms with van der Waals surface area (Å²) in [6.45, 7) is 4.08. The van der Waals surface area contributed by atoms with Crippen LogP contribution in [0, 0.1) is 0 Å². The van der Waals surface area contributed by atoms with Crippen molar-refractivity contribution in [2.24, 2.45) is 0 Å². The Morgan fingerprint density at radius 3 is 2.58 bits per heavy atom. The molecule has 2 aromatic carbocycles. The van der Waals surface area contributed by atoms with Gasteiger partial charge >= 0.3 is 0 Å². The van der Waals surface area contributed by atoms with Gasteiger partial charge in [-0.15, -0.1) is 0 Å². The molecule has 1 atom stereocenters. The van der Waals surface area contributed by atoms with Gasteiger partial charge in [0.05, 0.1) is 33.8 Å². The van der Waals surface area contributed by atoms with Crippen LogP contribution in [-0.2, 0) is 14.6 Å². The lowest BCUT2D eigenvalue weighted by molar-refractivity contribution is -0.123. The number of carbonyl (C=O) groups is 1.